The smallest absolute Gasteiger partial charge is 0.251 e. The summed E-state index contributed by atoms with van der Waals surface area (Å²) in [6.07, 6.45) is 4.47. The fourth-order valence-corrected chi connectivity index (χ4v) is 1.91. The molecule has 1 aromatic rings. The van der Waals surface area contributed by atoms with Crippen molar-refractivity contribution in [1.29, 1.82) is 0 Å². The van der Waals surface area contributed by atoms with Crippen LogP contribution in [0.15, 0.2) is 24.3 Å². The molecule has 1 atom stereocenters. The molecule has 0 saturated heterocycles. The van der Waals surface area contributed by atoms with Gasteiger partial charge in [0, 0.05) is 23.7 Å². The van der Waals surface area contributed by atoms with Crippen molar-refractivity contribution < 1.29 is 9.59 Å². The topological polar surface area (TPSA) is 58.2 Å². The summed E-state index contributed by atoms with van der Waals surface area (Å²) < 4.78 is 0. The monoisotopic (exact) mass is 290 g/mol. The summed E-state index contributed by atoms with van der Waals surface area (Å²) in [7, 11) is 0. The van der Waals surface area contributed by atoms with Crippen molar-refractivity contribution in [3.8, 4) is 0 Å². The van der Waals surface area contributed by atoms with E-state index in [4.69, 9.17) is 0 Å². The predicted molar refractivity (Wildman–Crippen MR) is 86.4 cm³/mol. The number of unbranched alkanes of at least 4 members (excludes halogenated alkanes) is 2. The van der Waals surface area contributed by atoms with Gasteiger partial charge in [0.05, 0.1) is 0 Å². The molecule has 2 N–H and O–H groups in total. The minimum Gasteiger partial charge on any atom is -0.350 e. The summed E-state index contributed by atoms with van der Waals surface area (Å²) >= 11 is 0. The Morgan fingerprint density at radius 3 is 2.62 bits per heavy atom. The van der Waals surface area contributed by atoms with Gasteiger partial charge in [-0.1, -0.05) is 32.8 Å². The Kier molecular flexibility index (Phi) is 7.51. The lowest BCUT2D eigenvalue weighted by molar-refractivity contribution is -0.116. The fraction of sp³-hybridized carbons (Fsp3) is 0.529. The van der Waals surface area contributed by atoms with Crippen LogP contribution in [0.4, 0.5) is 5.69 Å². The van der Waals surface area contributed by atoms with Crippen molar-refractivity contribution in [2.45, 2.75) is 58.9 Å². The number of hydrogen-bond donors (Lipinski definition) is 2. The first-order valence-corrected chi connectivity index (χ1v) is 7.77. The summed E-state index contributed by atoms with van der Waals surface area (Å²) in [5.41, 5.74) is 1.25. The summed E-state index contributed by atoms with van der Waals surface area (Å²) in [6.45, 7) is 6.10. The molecule has 4 nitrogen and oxygen atoms in total. The van der Waals surface area contributed by atoms with E-state index in [9.17, 15) is 9.59 Å². The highest BCUT2D eigenvalue weighted by molar-refractivity contribution is 5.97. The van der Waals surface area contributed by atoms with Gasteiger partial charge in [-0.2, -0.15) is 0 Å². The van der Waals surface area contributed by atoms with Crippen LogP contribution < -0.4 is 10.6 Å². The number of benzene rings is 1. The highest BCUT2D eigenvalue weighted by atomic mass is 16.2. The van der Waals surface area contributed by atoms with Crippen LogP contribution in [-0.4, -0.2) is 17.9 Å². The number of nitrogens with one attached hydrogen (secondary N) is 2. The van der Waals surface area contributed by atoms with Gasteiger partial charge in [-0.25, -0.2) is 0 Å². The Balaban J connectivity index is 2.59. The van der Waals surface area contributed by atoms with Gasteiger partial charge in [-0.05, 0) is 38.0 Å². The Morgan fingerprint density at radius 1 is 1.19 bits per heavy atom. The average molecular weight is 290 g/mol. The Labute approximate surface area is 127 Å². The second kappa shape index (κ2) is 9.16. The van der Waals surface area contributed by atoms with E-state index in [2.05, 4.69) is 17.6 Å². The van der Waals surface area contributed by atoms with Crippen LogP contribution in [0, 0.1) is 0 Å². The van der Waals surface area contributed by atoms with Crippen molar-refractivity contribution >= 4 is 17.5 Å². The molecular weight excluding hydrogens is 264 g/mol. The maximum Gasteiger partial charge on any atom is 0.251 e. The second-order valence-corrected chi connectivity index (χ2v) is 5.37. The van der Waals surface area contributed by atoms with Crippen LogP contribution in [0.1, 0.15) is 63.2 Å². The van der Waals surface area contributed by atoms with Gasteiger partial charge in [0.1, 0.15) is 0 Å². The lowest BCUT2D eigenvalue weighted by Gasteiger charge is -2.12. The molecule has 0 saturated carbocycles. The third-order valence-electron chi connectivity index (χ3n) is 3.41. The van der Waals surface area contributed by atoms with Crippen molar-refractivity contribution in [2.24, 2.45) is 0 Å². The van der Waals surface area contributed by atoms with E-state index >= 15 is 0 Å². The van der Waals surface area contributed by atoms with Gasteiger partial charge in [-0.3, -0.25) is 9.59 Å². The van der Waals surface area contributed by atoms with Crippen LogP contribution in [0.25, 0.3) is 0 Å². The van der Waals surface area contributed by atoms with Gasteiger partial charge in [0.25, 0.3) is 5.91 Å². The molecule has 2 amide bonds. The van der Waals surface area contributed by atoms with Crippen molar-refractivity contribution in [3.05, 3.63) is 29.8 Å². The van der Waals surface area contributed by atoms with Gasteiger partial charge >= 0.3 is 0 Å². The summed E-state index contributed by atoms with van der Waals surface area (Å²) in [4.78, 5) is 23.8. The highest BCUT2D eigenvalue weighted by Gasteiger charge is 2.09. The summed E-state index contributed by atoms with van der Waals surface area (Å²) in [5.74, 6) is -0.102. The van der Waals surface area contributed by atoms with E-state index in [0.29, 0.717) is 17.7 Å². The zero-order chi connectivity index (χ0) is 15.7. The standard InChI is InChI=1S/C17H26N2O2/c1-4-6-7-11-16(20)19-15-10-8-9-14(12-15)17(21)18-13(3)5-2/h8-10,12-13H,4-7,11H2,1-3H3,(H,18,21)(H,19,20)/t13-/m1/s1. The lowest BCUT2D eigenvalue weighted by Crippen LogP contribution is -2.31. The molecule has 1 aromatic carbocycles. The normalized spacial score (nSPS) is 11.8. The molecule has 0 radical (unpaired) electrons. The first kappa shape index (κ1) is 17.2. The number of carbonyl (C=O) groups is 2. The molecule has 0 bridgehead atoms. The van der Waals surface area contributed by atoms with Gasteiger partial charge in [0.15, 0.2) is 0 Å². The second-order valence-electron chi connectivity index (χ2n) is 5.37. The van der Waals surface area contributed by atoms with Crippen LogP contribution in [0.2, 0.25) is 0 Å². The SMILES string of the molecule is CCCCCC(=O)Nc1cccc(C(=O)N[C@H](C)CC)c1. The predicted octanol–water partition coefficient (Wildman–Crippen LogP) is 3.73. The molecule has 0 unspecified atom stereocenters. The Hall–Kier alpha value is -1.84. The maximum absolute atomic E-state index is 12.0. The lowest BCUT2D eigenvalue weighted by atomic mass is 10.1. The van der Waals surface area contributed by atoms with Crippen LogP contribution in [-0.2, 0) is 4.79 Å². The van der Waals surface area contributed by atoms with Crippen LogP contribution in [0.3, 0.4) is 0 Å². The number of hydrogen-bond acceptors (Lipinski definition) is 2. The first-order valence-electron chi connectivity index (χ1n) is 7.77. The van der Waals surface area contributed by atoms with E-state index in [-0.39, 0.29) is 17.9 Å². The van der Waals surface area contributed by atoms with Gasteiger partial charge in [-0.15, -0.1) is 0 Å². The van der Waals surface area contributed by atoms with E-state index in [1.165, 1.54) is 0 Å². The molecule has 0 aromatic heterocycles. The first-order chi connectivity index (χ1) is 10.1. The van der Waals surface area contributed by atoms with E-state index in [0.717, 1.165) is 25.7 Å². The quantitative estimate of drug-likeness (QED) is 0.717. The minimum atomic E-state index is -0.105. The molecule has 4 heteroatoms. The number of carbonyl (C=O) groups excluding carboxylic acids is 2. The van der Waals surface area contributed by atoms with Crippen LogP contribution >= 0.6 is 0 Å². The molecule has 0 heterocycles. The van der Waals surface area contributed by atoms with Gasteiger partial charge in [0.2, 0.25) is 5.91 Å². The molecule has 0 fully saturated rings. The number of amides is 2. The fourth-order valence-electron chi connectivity index (χ4n) is 1.91. The van der Waals surface area contributed by atoms with E-state index < -0.39 is 0 Å². The zero-order valence-electron chi connectivity index (χ0n) is 13.2. The highest BCUT2D eigenvalue weighted by Crippen LogP contribution is 2.12. The van der Waals surface area contributed by atoms with Crippen LogP contribution in [0.5, 0.6) is 0 Å². The summed E-state index contributed by atoms with van der Waals surface area (Å²) in [6, 6.07) is 7.20. The molecule has 1 rings (SSSR count). The van der Waals surface area contributed by atoms with Crippen molar-refractivity contribution in [3.63, 3.8) is 0 Å². The van der Waals surface area contributed by atoms with E-state index in [1.54, 1.807) is 24.3 Å². The molecule has 0 aliphatic rings. The third-order valence-corrected chi connectivity index (χ3v) is 3.41. The molecule has 21 heavy (non-hydrogen) atoms. The van der Waals surface area contributed by atoms with Crippen molar-refractivity contribution in [2.75, 3.05) is 5.32 Å². The van der Waals surface area contributed by atoms with Crippen molar-refractivity contribution in [1.82, 2.24) is 5.32 Å². The molecule has 116 valence electrons. The number of rotatable bonds is 8. The largest absolute Gasteiger partial charge is 0.350 e. The molecule has 0 aliphatic carbocycles. The zero-order valence-corrected chi connectivity index (χ0v) is 13.2. The number of anilines is 1. The molecule has 0 aliphatic heterocycles. The van der Waals surface area contributed by atoms with E-state index in [1.807, 2.05) is 13.8 Å². The Morgan fingerprint density at radius 2 is 1.95 bits per heavy atom. The maximum atomic E-state index is 12.0. The summed E-state index contributed by atoms with van der Waals surface area (Å²) in [5, 5.41) is 5.76. The third kappa shape index (κ3) is 6.43. The molecule has 0 spiro atoms. The average Bonchev–Trinajstić information content (AvgIpc) is 2.47. The van der Waals surface area contributed by atoms with Gasteiger partial charge < -0.3 is 10.6 Å². The molecular formula is C17H26N2O2. The minimum absolute atomic E-state index is 0.00272. The Bertz CT molecular complexity index is 472.